The van der Waals surface area contributed by atoms with Crippen LogP contribution in [0.4, 0.5) is 5.69 Å². The van der Waals surface area contributed by atoms with Gasteiger partial charge >= 0.3 is 0 Å². The summed E-state index contributed by atoms with van der Waals surface area (Å²) in [6.07, 6.45) is 0. The van der Waals surface area contributed by atoms with Gasteiger partial charge in [-0.15, -0.1) is 0 Å². The lowest BCUT2D eigenvalue weighted by Gasteiger charge is -2.38. The number of fused-ring (bicyclic) bond motifs is 1. The highest BCUT2D eigenvalue weighted by Gasteiger charge is 2.27. The van der Waals surface area contributed by atoms with E-state index in [1.807, 2.05) is 29.3 Å². The van der Waals surface area contributed by atoms with Crippen LogP contribution in [0.3, 0.4) is 0 Å². The third-order valence-corrected chi connectivity index (χ3v) is 3.54. The standard InChI is InChI=1S/C13H19N3O2/c14-16-11(9-15-5-7-17-8-6-15)10-18-13-4-2-1-3-12(13)16/h1-4,11H,5-10,14H2. The van der Waals surface area contributed by atoms with Crippen LogP contribution in [-0.2, 0) is 4.74 Å². The van der Waals surface area contributed by atoms with Crippen molar-refractivity contribution in [3.8, 4) is 5.75 Å². The number of nitrogens with two attached hydrogens (primary N) is 1. The molecule has 1 atom stereocenters. The van der Waals surface area contributed by atoms with E-state index in [-0.39, 0.29) is 6.04 Å². The second-order valence-electron chi connectivity index (χ2n) is 4.75. The zero-order chi connectivity index (χ0) is 12.4. The minimum Gasteiger partial charge on any atom is -0.489 e. The monoisotopic (exact) mass is 249 g/mol. The van der Waals surface area contributed by atoms with Gasteiger partial charge in [0.1, 0.15) is 12.4 Å². The number of hydrogen-bond acceptors (Lipinski definition) is 5. The Morgan fingerprint density at radius 1 is 1.22 bits per heavy atom. The topological polar surface area (TPSA) is 51.0 Å². The van der Waals surface area contributed by atoms with Crippen LogP contribution in [0, 0.1) is 0 Å². The lowest BCUT2D eigenvalue weighted by Crippen LogP contribution is -2.54. The molecule has 0 amide bonds. The summed E-state index contributed by atoms with van der Waals surface area (Å²) in [6, 6.07) is 8.12. The van der Waals surface area contributed by atoms with E-state index in [9.17, 15) is 0 Å². The van der Waals surface area contributed by atoms with Crippen molar-refractivity contribution in [2.24, 2.45) is 5.84 Å². The van der Waals surface area contributed by atoms with E-state index in [1.165, 1.54) is 0 Å². The first-order valence-electron chi connectivity index (χ1n) is 6.40. The van der Waals surface area contributed by atoms with Gasteiger partial charge in [-0.05, 0) is 12.1 Å². The van der Waals surface area contributed by atoms with Crippen molar-refractivity contribution in [2.45, 2.75) is 6.04 Å². The third kappa shape index (κ3) is 2.29. The molecular formula is C13H19N3O2. The maximum absolute atomic E-state index is 6.20. The fourth-order valence-electron chi connectivity index (χ4n) is 2.48. The summed E-state index contributed by atoms with van der Waals surface area (Å²) < 4.78 is 11.1. The Balaban J connectivity index is 1.68. The van der Waals surface area contributed by atoms with Crippen molar-refractivity contribution in [1.29, 1.82) is 0 Å². The van der Waals surface area contributed by atoms with Crippen LogP contribution < -0.4 is 15.6 Å². The Bertz CT molecular complexity index is 407. The van der Waals surface area contributed by atoms with Gasteiger partial charge in [-0.3, -0.25) is 9.91 Å². The Morgan fingerprint density at radius 3 is 2.83 bits per heavy atom. The average molecular weight is 249 g/mol. The van der Waals surface area contributed by atoms with Gasteiger partial charge in [-0.1, -0.05) is 12.1 Å². The molecule has 18 heavy (non-hydrogen) atoms. The van der Waals surface area contributed by atoms with E-state index in [0.29, 0.717) is 6.61 Å². The summed E-state index contributed by atoms with van der Waals surface area (Å²) in [5, 5.41) is 1.84. The van der Waals surface area contributed by atoms with E-state index < -0.39 is 0 Å². The first-order chi connectivity index (χ1) is 8.84. The van der Waals surface area contributed by atoms with Crippen molar-refractivity contribution >= 4 is 5.69 Å². The molecular weight excluding hydrogens is 230 g/mol. The number of para-hydroxylation sites is 2. The van der Waals surface area contributed by atoms with E-state index in [1.54, 1.807) is 0 Å². The van der Waals surface area contributed by atoms with Crippen molar-refractivity contribution in [1.82, 2.24) is 4.90 Å². The normalized spacial score (nSPS) is 24.5. The zero-order valence-electron chi connectivity index (χ0n) is 10.4. The SMILES string of the molecule is NN1c2ccccc2OCC1CN1CCOCC1. The number of anilines is 1. The number of benzene rings is 1. The molecule has 0 saturated carbocycles. The molecule has 98 valence electrons. The highest BCUT2D eigenvalue weighted by molar-refractivity contribution is 5.59. The lowest BCUT2D eigenvalue weighted by atomic mass is 10.2. The van der Waals surface area contributed by atoms with Crippen molar-refractivity contribution in [2.75, 3.05) is 44.5 Å². The maximum atomic E-state index is 6.20. The molecule has 0 radical (unpaired) electrons. The third-order valence-electron chi connectivity index (χ3n) is 3.54. The van der Waals surface area contributed by atoms with E-state index in [2.05, 4.69) is 4.90 Å². The summed E-state index contributed by atoms with van der Waals surface area (Å²) in [6.45, 7) is 5.15. The van der Waals surface area contributed by atoms with Crippen LogP contribution in [0.2, 0.25) is 0 Å². The second kappa shape index (κ2) is 5.14. The van der Waals surface area contributed by atoms with Crippen LogP contribution in [0.15, 0.2) is 24.3 Å². The fourth-order valence-corrected chi connectivity index (χ4v) is 2.48. The van der Waals surface area contributed by atoms with E-state index in [4.69, 9.17) is 15.3 Å². The van der Waals surface area contributed by atoms with E-state index >= 15 is 0 Å². The van der Waals surface area contributed by atoms with Crippen molar-refractivity contribution < 1.29 is 9.47 Å². The molecule has 1 aromatic rings. The van der Waals surface area contributed by atoms with Crippen LogP contribution >= 0.6 is 0 Å². The van der Waals surface area contributed by atoms with Gasteiger partial charge in [0.05, 0.1) is 24.9 Å². The Kier molecular flexibility index (Phi) is 3.36. The lowest BCUT2D eigenvalue weighted by molar-refractivity contribution is 0.0317. The minimum atomic E-state index is 0.206. The maximum Gasteiger partial charge on any atom is 0.144 e. The predicted octanol–water partition coefficient (Wildman–Crippen LogP) is 0.460. The second-order valence-corrected chi connectivity index (χ2v) is 4.75. The average Bonchev–Trinajstić information content (AvgIpc) is 2.43. The van der Waals surface area contributed by atoms with Crippen molar-refractivity contribution in [3.05, 3.63) is 24.3 Å². The summed E-state index contributed by atoms with van der Waals surface area (Å²) in [7, 11) is 0. The van der Waals surface area contributed by atoms with Crippen LogP contribution in [0.5, 0.6) is 5.75 Å². The molecule has 5 nitrogen and oxygen atoms in total. The van der Waals surface area contributed by atoms with Gasteiger partial charge in [-0.2, -0.15) is 0 Å². The number of rotatable bonds is 2. The van der Waals surface area contributed by atoms with Gasteiger partial charge in [0.2, 0.25) is 0 Å². The van der Waals surface area contributed by atoms with Gasteiger partial charge in [0.15, 0.2) is 0 Å². The Hall–Kier alpha value is -1.30. The highest BCUT2D eigenvalue weighted by atomic mass is 16.5. The van der Waals surface area contributed by atoms with Gasteiger partial charge in [0.25, 0.3) is 0 Å². The van der Waals surface area contributed by atoms with Gasteiger partial charge in [-0.25, -0.2) is 5.84 Å². The van der Waals surface area contributed by atoms with Gasteiger partial charge in [0, 0.05) is 19.6 Å². The van der Waals surface area contributed by atoms with Crippen LogP contribution in [-0.4, -0.2) is 50.4 Å². The molecule has 1 fully saturated rings. The van der Waals surface area contributed by atoms with Crippen molar-refractivity contribution in [3.63, 3.8) is 0 Å². The summed E-state index contributed by atoms with van der Waals surface area (Å²) >= 11 is 0. The molecule has 1 saturated heterocycles. The minimum absolute atomic E-state index is 0.206. The summed E-state index contributed by atoms with van der Waals surface area (Å²) in [4.78, 5) is 2.38. The molecule has 5 heteroatoms. The molecule has 0 bridgehead atoms. The molecule has 1 unspecified atom stereocenters. The molecule has 0 spiro atoms. The number of hydrogen-bond donors (Lipinski definition) is 1. The van der Waals surface area contributed by atoms with Gasteiger partial charge < -0.3 is 9.47 Å². The highest BCUT2D eigenvalue weighted by Crippen LogP contribution is 2.31. The first kappa shape index (κ1) is 11.8. The smallest absolute Gasteiger partial charge is 0.144 e. The zero-order valence-corrected chi connectivity index (χ0v) is 10.4. The number of hydrazine groups is 1. The number of nitrogens with zero attached hydrogens (tertiary/aromatic N) is 2. The number of ether oxygens (including phenoxy) is 2. The fraction of sp³-hybridized carbons (Fsp3) is 0.538. The molecule has 2 aliphatic rings. The predicted molar refractivity (Wildman–Crippen MR) is 69.7 cm³/mol. The molecule has 0 aromatic heterocycles. The van der Waals surface area contributed by atoms with Crippen LogP contribution in [0.1, 0.15) is 0 Å². The molecule has 2 N–H and O–H groups in total. The quantitative estimate of drug-likeness (QED) is 0.772. The Morgan fingerprint density at radius 2 is 2.00 bits per heavy atom. The first-order valence-corrected chi connectivity index (χ1v) is 6.40. The molecule has 2 heterocycles. The largest absolute Gasteiger partial charge is 0.489 e. The molecule has 2 aliphatic heterocycles. The summed E-state index contributed by atoms with van der Waals surface area (Å²) in [5.74, 6) is 7.08. The molecule has 0 aliphatic carbocycles. The Labute approximate surface area is 107 Å². The summed E-state index contributed by atoms with van der Waals surface area (Å²) in [5.41, 5.74) is 0.974. The van der Waals surface area contributed by atoms with E-state index in [0.717, 1.165) is 44.3 Å². The molecule has 3 rings (SSSR count). The van der Waals surface area contributed by atoms with Crippen LogP contribution in [0.25, 0.3) is 0 Å². The number of morpholine rings is 1. The molecule has 1 aromatic carbocycles.